The number of rotatable bonds is 5. The standard InChI is InChI=1S/C13H15BrFN3O/c1-8(2)16-7-6-11-17-18-13(19-11)12-9(14)4-3-5-10(12)15/h3-5,8,16H,6-7H2,1-2H3. The molecule has 2 rings (SSSR count). The summed E-state index contributed by atoms with van der Waals surface area (Å²) >= 11 is 3.28. The van der Waals surface area contributed by atoms with E-state index < -0.39 is 0 Å². The molecule has 0 atom stereocenters. The number of nitrogens with one attached hydrogen (secondary N) is 1. The van der Waals surface area contributed by atoms with Crippen LogP contribution in [0.4, 0.5) is 4.39 Å². The highest BCUT2D eigenvalue weighted by Gasteiger charge is 2.16. The third kappa shape index (κ3) is 3.61. The Morgan fingerprint density at radius 1 is 1.37 bits per heavy atom. The summed E-state index contributed by atoms with van der Waals surface area (Å²) in [6.07, 6.45) is 0.622. The van der Waals surface area contributed by atoms with Crippen LogP contribution in [-0.2, 0) is 6.42 Å². The Balaban J connectivity index is 2.12. The third-order valence-electron chi connectivity index (χ3n) is 2.53. The Morgan fingerprint density at radius 3 is 2.84 bits per heavy atom. The van der Waals surface area contributed by atoms with Crippen LogP contribution < -0.4 is 5.32 Å². The van der Waals surface area contributed by atoms with Gasteiger partial charge in [-0.15, -0.1) is 10.2 Å². The van der Waals surface area contributed by atoms with Gasteiger partial charge in [0.25, 0.3) is 5.89 Å². The highest BCUT2D eigenvalue weighted by molar-refractivity contribution is 9.10. The molecular weight excluding hydrogens is 313 g/mol. The molecule has 4 nitrogen and oxygen atoms in total. The number of aromatic nitrogens is 2. The molecule has 6 heteroatoms. The second kappa shape index (κ2) is 6.25. The zero-order valence-electron chi connectivity index (χ0n) is 10.8. The molecule has 0 radical (unpaired) electrons. The highest BCUT2D eigenvalue weighted by Crippen LogP contribution is 2.29. The average Bonchev–Trinajstić information content (AvgIpc) is 2.77. The van der Waals surface area contributed by atoms with Gasteiger partial charge in [-0.2, -0.15) is 0 Å². The molecule has 102 valence electrons. The largest absolute Gasteiger partial charge is 0.421 e. The van der Waals surface area contributed by atoms with Crippen molar-refractivity contribution in [1.29, 1.82) is 0 Å². The fraction of sp³-hybridized carbons (Fsp3) is 0.385. The van der Waals surface area contributed by atoms with Crippen LogP contribution in [-0.4, -0.2) is 22.8 Å². The molecule has 0 aliphatic rings. The Morgan fingerprint density at radius 2 is 2.16 bits per heavy atom. The minimum Gasteiger partial charge on any atom is -0.421 e. The Hall–Kier alpha value is -1.27. The van der Waals surface area contributed by atoms with Crippen molar-refractivity contribution in [2.24, 2.45) is 0 Å². The molecule has 2 aromatic rings. The molecule has 19 heavy (non-hydrogen) atoms. The van der Waals surface area contributed by atoms with Gasteiger partial charge in [0.2, 0.25) is 5.89 Å². The predicted molar refractivity (Wildman–Crippen MR) is 74.2 cm³/mol. The second-order valence-corrected chi connectivity index (χ2v) is 5.31. The molecule has 1 aromatic carbocycles. The van der Waals surface area contributed by atoms with Crippen LogP contribution in [0.2, 0.25) is 0 Å². The molecule has 0 saturated carbocycles. The fourth-order valence-corrected chi connectivity index (χ4v) is 2.14. The van der Waals surface area contributed by atoms with E-state index in [0.29, 0.717) is 28.4 Å². The van der Waals surface area contributed by atoms with Crippen LogP contribution >= 0.6 is 15.9 Å². The smallest absolute Gasteiger partial charge is 0.251 e. The van der Waals surface area contributed by atoms with Gasteiger partial charge in [0, 0.05) is 23.5 Å². The molecule has 1 aromatic heterocycles. The zero-order chi connectivity index (χ0) is 13.8. The maximum absolute atomic E-state index is 13.7. The summed E-state index contributed by atoms with van der Waals surface area (Å²) in [6.45, 7) is 4.88. The molecule has 0 spiro atoms. The van der Waals surface area contributed by atoms with E-state index in [1.807, 2.05) is 0 Å². The molecule has 0 unspecified atom stereocenters. The van der Waals surface area contributed by atoms with Gasteiger partial charge < -0.3 is 9.73 Å². The van der Waals surface area contributed by atoms with Crippen LogP contribution in [0.5, 0.6) is 0 Å². The van der Waals surface area contributed by atoms with Crippen LogP contribution in [0.25, 0.3) is 11.5 Å². The van der Waals surface area contributed by atoms with Crippen LogP contribution in [0.1, 0.15) is 19.7 Å². The number of hydrogen-bond acceptors (Lipinski definition) is 4. The minimum absolute atomic E-state index is 0.199. The lowest BCUT2D eigenvalue weighted by atomic mass is 10.2. The normalized spacial score (nSPS) is 11.2. The molecule has 1 N–H and O–H groups in total. The van der Waals surface area contributed by atoms with Crippen molar-refractivity contribution in [3.63, 3.8) is 0 Å². The SMILES string of the molecule is CC(C)NCCc1nnc(-c2c(F)cccc2Br)o1. The summed E-state index contributed by atoms with van der Waals surface area (Å²) < 4.78 is 19.8. The maximum atomic E-state index is 13.7. The highest BCUT2D eigenvalue weighted by atomic mass is 79.9. The van der Waals surface area contributed by atoms with E-state index in [2.05, 4.69) is 45.3 Å². The van der Waals surface area contributed by atoms with Crippen molar-refractivity contribution in [3.8, 4) is 11.5 Å². The topological polar surface area (TPSA) is 51.0 Å². The predicted octanol–water partition coefficient (Wildman–Crippen LogP) is 3.18. The van der Waals surface area contributed by atoms with Crippen LogP contribution in [0.15, 0.2) is 27.1 Å². The fourth-order valence-electron chi connectivity index (χ4n) is 1.63. The van der Waals surface area contributed by atoms with Crippen molar-refractivity contribution in [1.82, 2.24) is 15.5 Å². The van der Waals surface area contributed by atoms with Gasteiger partial charge in [-0.25, -0.2) is 4.39 Å². The van der Waals surface area contributed by atoms with Gasteiger partial charge >= 0.3 is 0 Å². The Kier molecular flexibility index (Phi) is 4.66. The van der Waals surface area contributed by atoms with Gasteiger partial charge in [0.1, 0.15) is 5.82 Å². The molecule has 1 heterocycles. The summed E-state index contributed by atoms with van der Waals surface area (Å²) in [6, 6.07) is 5.13. The van der Waals surface area contributed by atoms with E-state index in [0.717, 1.165) is 6.54 Å². The van der Waals surface area contributed by atoms with E-state index in [1.54, 1.807) is 12.1 Å². The van der Waals surface area contributed by atoms with Crippen LogP contribution in [0.3, 0.4) is 0 Å². The molecule has 0 amide bonds. The van der Waals surface area contributed by atoms with Gasteiger partial charge in [-0.05, 0) is 28.1 Å². The lowest BCUT2D eigenvalue weighted by Gasteiger charge is -2.04. The number of hydrogen-bond donors (Lipinski definition) is 1. The van der Waals surface area contributed by atoms with E-state index in [-0.39, 0.29) is 11.7 Å². The quantitative estimate of drug-likeness (QED) is 0.916. The molecular formula is C13H15BrFN3O. The second-order valence-electron chi connectivity index (χ2n) is 4.46. The first kappa shape index (κ1) is 14.1. The molecule has 0 bridgehead atoms. The zero-order valence-corrected chi connectivity index (χ0v) is 12.4. The summed E-state index contributed by atoms with van der Waals surface area (Å²) in [4.78, 5) is 0. The van der Waals surface area contributed by atoms with E-state index in [4.69, 9.17) is 4.42 Å². The minimum atomic E-state index is -0.384. The first-order chi connectivity index (χ1) is 9.08. The molecule has 0 saturated heterocycles. The number of nitrogens with zero attached hydrogens (tertiary/aromatic N) is 2. The van der Waals surface area contributed by atoms with E-state index in [9.17, 15) is 4.39 Å². The van der Waals surface area contributed by atoms with Crippen molar-refractivity contribution < 1.29 is 8.81 Å². The maximum Gasteiger partial charge on any atom is 0.251 e. The van der Waals surface area contributed by atoms with Crippen molar-refractivity contribution in [2.45, 2.75) is 26.3 Å². The summed E-state index contributed by atoms with van der Waals surface area (Å²) in [5, 5.41) is 11.1. The molecule has 0 aliphatic heterocycles. The van der Waals surface area contributed by atoms with Gasteiger partial charge in [-0.3, -0.25) is 0 Å². The van der Waals surface area contributed by atoms with Crippen molar-refractivity contribution in [3.05, 3.63) is 34.4 Å². The van der Waals surface area contributed by atoms with E-state index in [1.165, 1.54) is 6.07 Å². The molecule has 0 fully saturated rings. The Labute approximate surface area is 119 Å². The summed E-state index contributed by atoms with van der Waals surface area (Å²) in [5.41, 5.74) is 0.304. The van der Waals surface area contributed by atoms with Crippen molar-refractivity contribution in [2.75, 3.05) is 6.54 Å². The first-order valence-corrected chi connectivity index (χ1v) is 6.87. The van der Waals surface area contributed by atoms with Gasteiger partial charge in [-0.1, -0.05) is 19.9 Å². The number of benzene rings is 1. The van der Waals surface area contributed by atoms with E-state index >= 15 is 0 Å². The van der Waals surface area contributed by atoms with Gasteiger partial charge in [0.15, 0.2) is 0 Å². The lowest BCUT2D eigenvalue weighted by Crippen LogP contribution is -2.25. The lowest BCUT2D eigenvalue weighted by molar-refractivity contribution is 0.481. The van der Waals surface area contributed by atoms with Crippen molar-refractivity contribution >= 4 is 15.9 Å². The monoisotopic (exact) mass is 327 g/mol. The van der Waals surface area contributed by atoms with Crippen LogP contribution in [0, 0.1) is 5.82 Å². The first-order valence-electron chi connectivity index (χ1n) is 6.08. The summed E-state index contributed by atoms with van der Waals surface area (Å²) in [7, 11) is 0. The average molecular weight is 328 g/mol. The summed E-state index contributed by atoms with van der Waals surface area (Å²) in [5.74, 6) is 0.313. The van der Waals surface area contributed by atoms with Gasteiger partial charge in [0.05, 0.1) is 5.56 Å². The number of halogens is 2. The third-order valence-corrected chi connectivity index (χ3v) is 3.20. The molecule has 0 aliphatic carbocycles. The Bertz CT molecular complexity index is 536.